The van der Waals surface area contributed by atoms with Crippen molar-refractivity contribution in [2.24, 2.45) is 5.73 Å². The van der Waals surface area contributed by atoms with Gasteiger partial charge in [0.05, 0.1) is 17.5 Å². The predicted octanol–water partition coefficient (Wildman–Crippen LogP) is -1.51. The molecule has 0 spiro atoms. The van der Waals surface area contributed by atoms with Gasteiger partial charge in [0.2, 0.25) is 21.8 Å². The Hall–Kier alpha value is -4.05. The molecule has 3 amide bonds. The molecule has 1 aliphatic heterocycles. The first-order valence-electron chi connectivity index (χ1n) is 12.0. The van der Waals surface area contributed by atoms with E-state index in [1.807, 2.05) is 0 Å². The van der Waals surface area contributed by atoms with Crippen LogP contribution in [-0.4, -0.2) is 84.6 Å². The summed E-state index contributed by atoms with van der Waals surface area (Å²) in [5.41, 5.74) is 5.89. The molecule has 14 nitrogen and oxygen atoms in total. The van der Waals surface area contributed by atoms with Crippen LogP contribution in [0.3, 0.4) is 0 Å². The Balaban J connectivity index is 1.54. The average Bonchev–Trinajstić information content (AvgIpc) is 3.41. The van der Waals surface area contributed by atoms with E-state index in [-0.39, 0.29) is 29.4 Å². The van der Waals surface area contributed by atoms with Gasteiger partial charge >= 0.3 is 0 Å². The standard InChI is InChI=1S/C24H31N7O7S/c25-24(26)29-16-7-4-6-15(12-16)21(33)28-14-20(32)27-13-18(23(35)36)30-22(34)19-10-5-11-31(19)39(37,38)17-8-2-1-3-9-17/h1-4,6-9,12,18-19,23,35-36H,5,10-11,13-14H2,(H,27,32)(H,28,33)(H,30,34)(H4,25,26,29)/t18-,19?/m0/s1. The number of rotatable bonds is 11. The smallest absolute Gasteiger partial charge is 0.251 e. The molecule has 3 rings (SSSR count). The lowest BCUT2D eigenvalue weighted by atomic mass is 10.2. The molecule has 0 radical (unpaired) electrons. The van der Waals surface area contributed by atoms with Gasteiger partial charge in [-0.1, -0.05) is 24.3 Å². The van der Waals surface area contributed by atoms with Crippen molar-refractivity contribution in [1.82, 2.24) is 20.3 Å². The Morgan fingerprint density at radius 1 is 1.08 bits per heavy atom. The number of carbonyl (C=O) groups is 3. The Bertz CT molecular complexity index is 1300. The molecule has 0 saturated carbocycles. The summed E-state index contributed by atoms with van der Waals surface area (Å²) >= 11 is 0. The third-order valence-corrected chi connectivity index (χ3v) is 7.80. The number of benzene rings is 2. The number of amides is 3. The third kappa shape index (κ3) is 7.97. The first-order valence-corrected chi connectivity index (χ1v) is 13.4. The predicted molar refractivity (Wildman–Crippen MR) is 141 cm³/mol. The summed E-state index contributed by atoms with van der Waals surface area (Å²) in [5.74, 6) is -2.29. The number of hydrogen-bond donors (Lipinski definition) is 8. The fourth-order valence-electron chi connectivity index (χ4n) is 3.97. The van der Waals surface area contributed by atoms with Crippen molar-refractivity contribution in [3.63, 3.8) is 0 Å². The molecule has 39 heavy (non-hydrogen) atoms. The number of sulfonamides is 1. The summed E-state index contributed by atoms with van der Waals surface area (Å²) in [6.45, 7) is -0.711. The summed E-state index contributed by atoms with van der Waals surface area (Å²) in [7, 11) is -3.94. The number of carbonyl (C=O) groups excluding carboxylic acids is 3. The van der Waals surface area contributed by atoms with E-state index in [0.717, 1.165) is 4.31 Å². The zero-order valence-electron chi connectivity index (χ0n) is 20.8. The van der Waals surface area contributed by atoms with Gasteiger partial charge < -0.3 is 37.2 Å². The van der Waals surface area contributed by atoms with Crippen molar-refractivity contribution in [2.45, 2.75) is 36.1 Å². The molecule has 1 heterocycles. The van der Waals surface area contributed by atoms with Crippen LogP contribution in [0, 0.1) is 5.41 Å². The SMILES string of the molecule is N=C(N)Nc1cccc(C(=O)NCC(=O)NC[C@H](NC(=O)C2CCCN2S(=O)(=O)c2ccccc2)C(O)O)c1. The molecule has 2 atom stereocenters. The van der Waals surface area contributed by atoms with Crippen molar-refractivity contribution >= 4 is 39.4 Å². The highest BCUT2D eigenvalue weighted by Gasteiger charge is 2.40. The molecule has 1 fully saturated rings. The largest absolute Gasteiger partial charge is 0.370 e. The van der Waals surface area contributed by atoms with Gasteiger partial charge in [0.25, 0.3) is 5.91 Å². The topological polar surface area (TPSA) is 227 Å². The maximum absolute atomic E-state index is 13.0. The van der Waals surface area contributed by atoms with Crippen LogP contribution in [0.25, 0.3) is 0 Å². The van der Waals surface area contributed by atoms with Gasteiger partial charge in [-0.25, -0.2) is 8.42 Å². The van der Waals surface area contributed by atoms with Crippen LogP contribution in [0.1, 0.15) is 23.2 Å². The molecule has 1 unspecified atom stereocenters. The first-order chi connectivity index (χ1) is 18.5. The van der Waals surface area contributed by atoms with Gasteiger partial charge in [-0.05, 0) is 43.2 Å². The van der Waals surface area contributed by atoms with Crippen molar-refractivity contribution in [3.05, 3.63) is 60.2 Å². The van der Waals surface area contributed by atoms with Crippen LogP contribution in [-0.2, 0) is 19.6 Å². The molecule has 2 aromatic rings. The highest BCUT2D eigenvalue weighted by atomic mass is 32.2. The summed E-state index contributed by atoms with van der Waals surface area (Å²) in [5, 5.41) is 36.5. The summed E-state index contributed by atoms with van der Waals surface area (Å²) in [4.78, 5) is 37.6. The monoisotopic (exact) mass is 561 g/mol. The van der Waals surface area contributed by atoms with Gasteiger partial charge in [-0.2, -0.15) is 4.31 Å². The number of aliphatic hydroxyl groups excluding tert-OH is 1. The molecular weight excluding hydrogens is 530 g/mol. The van der Waals surface area contributed by atoms with E-state index in [1.54, 1.807) is 30.3 Å². The van der Waals surface area contributed by atoms with Crippen LogP contribution in [0.2, 0.25) is 0 Å². The highest BCUT2D eigenvalue weighted by Crippen LogP contribution is 2.26. The maximum atomic E-state index is 13.0. The fraction of sp³-hybridized carbons (Fsp3) is 0.333. The zero-order valence-corrected chi connectivity index (χ0v) is 21.6. The second-order valence-corrected chi connectivity index (χ2v) is 10.6. The Labute approximate surface area is 225 Å². The Morgan fingerprint density at radius 3 is 2.46 bits per heavy atom. The number of anilines is 1. The molecule has 15 heteroatoms. The maximum Gasteiger partial charge on any atom is 0.251 e. The lowest BCUT2D eigenvalue weighted by Gasteiger charge is -2.27. The van der Waals surface area contributed by atoms with Crippen molar-refractivity contribution < 1.29 is 33.0 Å². The van der Waals surface area contributed by atoms with E-state index >= 15 is 0 Å². The van der Waals surface area contributed by atoms with E-state index < -0.39 is 59.2 Å². The second kappa shape index (κ2) is 13.1. The van der Waals surface area contributed by atoms with Crippen LogP contribution >= 0.6 is 0 Å². The number of guanidine groups is 1. The lowest BCUT2D eigenvalue weighted by Crippen LogP contribution is -2.55. The number of nitrogens with zero attached hydrogens (tertiary/aromatic N) is 1. The molecule has 0 aliphatic carbocycles. The van der Waals surface area contributed by atoms with Gasteiger partial charge in [0, 0.05) is 24.3 Å². The minimum atomic E-state index is -3.94. The van der Waals surface area contributed by atoms with E-state index in [1.165, 1.54) is 24.3 Å². The number of nitrogens with one attached hydrogen (secondary N) is 5. The minimum absolute atomic E-state index is 0.0413. The van der Waals surface area contributed by atoms with Crippen LogP contribution in [0.15, 0.2) is 59.5 Å². The summed E-state index contributed by atoms with van der Waals surface area (Å²) < 4.78 is 27.1. The van der Waals surface area contributed by atoms with Gasteiger partial charge in [-0.3, -0.25) is 19.8 Å². The van der Waals surface area contributed by atoms with Crippen LogP contribution in [0.4, 0.5) is 5.69 Å². The lowest BCUT2D eigenvalue weighted by molar-refractivity contribution is -0.131. The van der Waals surface area contributed by atoms with Gasteiger partial charge in [0.1, 0.15) is 6.04 Å². The Morgan fingerprint density at radius 2 is 1.79 bits per heavy atom. The molecular formula is C24H31N7O7S. The van der Waals surface area contributed by atoms with E-state index in [0.29, 0.717) is 12.1 Å². The van der Waals surface area contributed by atoms with Gasteiger partial charge in [-0.15, -0.1) is 0 Å². The molecule has 2 aromatic carbocycles. The van der Waals surface area contributed by atoms with Crippen molar-refractivity contribution in [3.8, 4) is 0 Å². The van der Waals surface area contributed by atoms with E-state index in [9.17, 15) is 33.0 Å². The molecule has 1 saturated heterocycles. The normalized spacial score (nSPS) is 16.3. The molecule has 0 bridgehead atoms. The molecule has 9 N–H and O–H groups in total. The zero-order chi connectivity index (χ0) is 28.6. The van der Waals surface area contributed by atoms with Crippen molar-refractivity contribution in [1.29, 1.82) is 5.41 Å². The second-order valence-electron chi connectivity index (χ2n) is 8.72. The number of hydrogen-bond acceptors (Lipinski definition) is 8. The van der Waals surface area contributed by atoms with E-state index in [2.05, 4.69) is 21.3 Å². The molecule has 1 aliphatic rings. The fourth-order valence-corrected chi connectivity index (χ4v) is 5.65. The Kier molecular flexibility index (Phi) is 9.95. The quantitative estimate of drug-likeness (QED) is 0.0904. The summed E-state index contributed by atoms with van der Waals surface area (Å²) in [6, 6.07) is 11.4. The van der Waals surface area contributed by atoms with Gasteiger partial charge in [0.15, 0.2) is 12.2 Å². The highest BCUT2D eigenvalue weighted by molar-refractivity contribution is 7.89. The van der Waals surface area contributed by atoms with Crippen molar-refractivity contribution in [2.75, 3.05) is 25.0 Å². The number of nitrogens with two attached hydrogens (primary N) is 1. The average molecular weight is 562 g/mol. The number of aliphatic hydroxyl groups is 2. The summed E-state index contributed by atoms with van der Waals surface area (Å²) in [6.07, 6.45) is -1.37. The minimum Gasteiger partial charge on any atom is -0.370 e. The molecule has 210 valence electrons. The van der Waals surface area contributed by atoms with Crippen LogP contribution < -0.4 is 27.0 Å². The van der Waals surface area contributed by atoms with E-state index in [4.69, 9.17) is 11.1 Å². The van der Waals surface area contributed by atoms with Crippen LogP contribution in [0.5, 0.6) is 0 Å². The first kappa shape index (κ1) is 29.5. The third-order valence-electron chi connectivity index (χ3n) is 5.88. The molecule has 0 aromatic heterocycles.